The molecule has 0 spiro atoms. The molecule has 0 aliphatic carbocycles. The summed E-state index contributed by atoms with van der Waals surface area (Å²) in [6.45, 7) is 5.95. The van der Waals surface area contributed by atoms with Gasteiger partial charge in [-0.2, -0.15) is 0 Å². The minimum atomic E-state index is -0.767. The van der Waals surface area contributed by atoms with Crippen molar-refractivity contribution in [1.82, 2.24) is 5.32 Å². The second kappa shape index (κ2) is 7.17. The van der Waals surface area contributed by atoms with Crippen LogP contribution in [0, 0.1) is 5.92 Å². The molecule has 1 aromatic rings. The van der Waals surface area contributed by atoms with E-state index in [-0.39, 0.29) is 12.0 Å². The van der Waals surface area contributed by atoms with Gasteiger partial charge in [0.05, 0.1) is 0 Å². The molecule has 0 saturated heterocycles. The molecule has 0 amide bonds. The van der Waals surface area contributed by atoms with Gasteiger partial charge in [0.25, 0.3) is 0 Å². The maximum absolute atomic E-state index is 11.2. The fourth-order valence-electron chi connectivity index (χ4n) is 2.02. The van der Waals surface area contributed by atoms with Gasteiger partial charge >= 0.3 is 5.97 Å². The van der Waals surface area contributed by atoms with Crippen molar-refractivity contribution >= 4 is 5.97 Å². The molecule has 0 radical (unpaired) electrons. The van der Waals surface area contributed by atoms with Gasteiger partial charge in [0.1, 0.15) is 6.04 Å². The summed E-state index contributed by atoms with van der Waals surface area (Å²) in [5, 5.41) is 12.4. The summed E-state index contributed by atoms with van der Waals surface area (Å²) in [5.74, 6) is -0.677. The van der Waals surface area contributed by atoms with Crippen LogP contribution in [-0.4, -0.2) is 23.2 Å². The highest BCUT2D eigenvalue weighted by Gasteiger charge is 2.23. The molecular weight excluding hydrogens is 226 g/mol. The van der Waals surface area contributed by atoms with Gasteiger partial charge in [-0.1, -0.05) is 51.1 Å². The second-order valence-corrected chi connectivity index (χ2v) is 5.02. The van der Waals surface area contributed by atoms with Gasteiger partial charge in [-0.3, -0.25) is 4.79 Å². The Hall–Kier alpha value is -1.35. The first-order valence-electron chi connectivity index (χ1n) is 6.57. The van der Waals surface area contributed by atoms with Gasteiger partial charge in [0, 0.05) is 6.04 Å². The fraction of sp³-hybridized carbons (Fsp3) is 0.533. The molecular formula is C15H23NO2. The first-order valence-corrected chi connectivity index (χ1v) is 6.57. The van der Waals surface area contributed by atoms with Crippen molar-refractivity contribution in [3.05, 3.63) is 35.9 Å². The number of carboxylic acid groups (broad SMARTS) is 1. The molecule has 1 aromatic carbocycles. The predicted octanol–water partition coefficient (Wildman–Crippen LogP) is 2.71. The molecule has 0 fully saturated rings. The summed E-state index contributed by atoms with van der Waals surface area (Å²) in [4.78, 5) is 11.2. The van der Waals surface area contributed by atoms with E-state index < -0.39 is 12.0 Å². The van der Waals surface area contributed by atoms with Crippen molar-refractivity contribution in [3.8, 4) is 0 Å². The zero-order valence-electron chi connectivity index (χ0n) is 11.4. The van der Waals surface area contributed by atoms with Gasteiger partial charge in [0.2, 0.25) is 0 Å². The normalized spacial score (nSPS) is 14.4. The average molecular weight is 249 g/mol. The zero-order valence-corrected chi connectivity index (χ0v) is 11.4. The van der Waals surface area contributed by atoms with E-state index in [1.54, 1.807) is 0 Å². The van der Waals surface area contributed by atoms with Gasteiger partial charge < -0.3 is 10.4 Å². The third-order valence-electron chi connectivity index (χ3n) is 3.17. The van der Waals surface area contributed by atoms with Gasteiger partial charge in [-0.15, -0.1) is 0 Å². The number of carboxylic acids is 1. The van der Waals surface area contributed by atoms with E-state index in [9.17, 15) is 9.90 Å². The molecule has 0 aliphatic rings. The third-order valence-corrected chi connectivity index (χ3v) is 3.17. The van der Waals surface area contributed by atoms with Crippen molar-refractivity contribution in [2.75, 3.05) is 0 Å². The van der Waals surface area contributed by atoms with Gasteiger partial charge in [0.15, 0.2) is 0 Å². The topological polar surface area (TPSA) is 49.3 Å². The predicted molar refractivity (Wildman–Crippen MR) is 73.6 cm³/mol. The molecule has 0 aromatic heterocycles. The second-order valence-electron chi connectivity index (χ2n) is 5.02. The number of nitrogens with one attached hydrogen (secondary N) is 1. The number of hydrogen-bond donors (Lipinski definition) is 2. The summed E-state index contributed by atoms with van der Waals surface area (Å²) in [6.07, 6.45) is 1.79. The molecule has 2 atom stereocenters. The lowest BCUT2D eigenvalue weighted by atomic mass is 9.99. The number of carbonyl (C=O) groups is 1. The van der Waals surface area contributed by atoms with Crippen LogP contribution in [0.3, 0.4) is 0 Å². The van der Waals surface area contributed by atoms with E-state index in [2.05, 4.69) is 24.4 Å². The van der Waals surface area contributed by atoms with E-state index in [4.69, 9.17) is 0 Å². The first-order chi connectivity index (χ1) is 8.54. The van der Waals surface area contributed by atoms with E-state index in [1.807, 2.05) is 32.0 Å². The Bertz CT molecular complexity index is 362. The fourth-order valence-corrected chi connectivity index (χ4v) is 2.02. The smallest absolute Gasteiger partial charge is 0.320 e. The quantitative estimate of drug-likeness (QED) is 0.781. The van der Waals surface area contributed by atoms with Crippen molar-refractivity contribution in [1.29, 1.82) is 0 Å². The molecule has 1 rings (SSSR count). The summed E-state index contributed by atoms with van der Waals surface area (Å²) in [6, 6.07) is 9.91. The van der Waals surface area contributed by atoms with Crippen molar-refractivity contribution in [2.24, 2.45) is 5.92 Å². The number of rotatable bonds is 7. The number of aliphatic carboxylic acids is 1. The Morgan fingerprint density at radius 3 is 2.33 bits per heavy atom. The molecule has 2 unspecified atom stereocenters. The average Bonchev–Trinajstić information content (AvgIpc) is 2.34. The van der Waals surface area contributed by atoms with Gasteiger partial charge in [-0.05, 0) is 24.3 Å². The highest BCUT2D eigenvalue weighted by molar-refractivity contribution is 5.73. The standard InChI is InChI=1S/C15H23NO2/c1-4-13(10-12-8-6-5-7-9-12)16-14(11(2)3)15(17)18/h5-9,11,13-14,16H,4,10H2,1-3H3,(H,17,18). The van der Waals surface area contributed by atoms with Crippen LogP contribution < -0.4 is 5.32 Å². The lowest BCUT2D eigenvalue weighted by molar-refractivity contribution is -0.140. The minimum Gasteiger partial charge on any atom is -0.480 e. The number of benzene rings is 1. The summed E-state index contributed by atoms with van der Waals surface area (Å²) in [5.41, 5.74) is 1.24. The lowest BCUT2D eigenvalue weighted by Gasteiger charge is -2.25. The molecule has 0 bridgehead atoms. The van der Waals surface area contributed by atoms with Crippen LogP contribution in [0.25, 0.3) is 0 Å². The molecule has 0 aliphatic heterocycles. The van der Waals surface area contributed by atoms with Gasteiger partial charge in [-0.25, -0.2) is 0 Å². The van der Waals surface area contributed by atoms with E-state index >= 15 is 0 Å². The van der Waals surface area contributed by atoms with Crippen LogP contribution in [0.15, 0.2) is 30.3 Å². The number of hydrogen-bond acceptors (Lipinski definition) is 2. The van der Waals surface area contributed by atoms with Crippen molar-refractivity contribution in [3.63, 3.8) is 0 Å². The molecule has 0 saturated carbocycles. The molecule has 2 N–H and O–H groups in total. The van der Waals surface area contributed by atoms with Crippen LogP contribution in [0.5, 0.6) is 0 Å². The SMILES string of the molecule is CCC(Cc1ccccc1)NC(C(=O)O)C(C)C. The third kappa shape index (κ3) is 4.49. The Balaban J connectivity index is 2.64. The Kier molecular flexibility index (Phi) is 5.86. The highest BCUT2D eigenvalue weighted by Crippen LogP contribution is 2.09. The van der Waals surface area contributed by atoms with Crippen LogP contribution >= 0.6 is 0 Å². The largest absolute Gasteiger partial charge is 0.480 e. The first kappa shape index (κ1) is 14.7. The maximum Gasteiger partial charge on any atom is 0.320 e. The highest BCUT2D eigenvalue weighted by atomic mass is 16.4. The monoisotopic (exact) mass is 249 g/mol. The molecule has 0 heterocycles. The summed E-state index contributed by atoms with van der Waals surface area (Å²) < 4.78 is 0. The zero-order chi connectivity index (χ0) is 13.5. The van der Waals surface area contributed by atoms with E-state index in [1.165, 1.54) is 5.56 Å². The Morgan fingerprint density at radius 1 is 1.28 bits per heavy atom. The van der Waals surface area contributed by atoms with Crippen LogP contribution in [0.2, 0.25) is 0 Å². The maximum atomic E-state index is 11.2. The Labute approximate surface area is 109 Å². The summed E-state index contributed by atoms with van der Waals surface area (Å²) in [7, 11) is 0. The minimum absolute atomic E-state index is 0.0901. The molecule has 18 heavy (non-hydrogen) atoms. The lowest BCUT2D eigenvalue weighted by Crippen LogP contribution is -2.47. The summed E-state index contributed by atoms with van der Waals surface area (Å²) >= 11 is 0. The van der Waals surface area contributed by atoms with Crippen molar-refractivity contribution < 1.29 is 9.90 Å². The van der Waals surface area contributed by atoms with Crippen LogP contribution in [0.4, 0.5) is 0 Å². The van der Waals surface area contributed by atoms with Crippen molar-refractivity contribution in [2.45, 2.75) is 45.7 Å². The molecule has 100 valence electrons. The molecule has 3 heteroatoms. The Morgan fingerprint density at radius 2 is 1.89 bits per heavy atom. The van der Waals surface area contributed by atoms with E-state index in [0.29, 0.717) is 0 Å². The van der Waals surface area contributed by atoms with Crippen LogP contribution in [-0.2, 0) is 11.2 Å². The van der Waals surface area contributed by atoms with E-state index in [0.717, 1.165) is 12.8 Å². The van der Waals surface area contributed by atoms with Crippen LogP contribution in [0.1, 0.15) is 32.8 Å². The molecule has 3 nitrogen and oxygen atoms in total.